The van der Waals surface area contributed by atoms with Crippen molar-refractivity contribution < 1.29 is 29.0 Å². The van der Waals surface area contributed by atoms with Crippen molar-refractivity contribution >= 4 is 18.2 Å². The van der Waals surface area contributed by atoms with Crippen molar-refractivity contribution in [3.05, 3.63) is 0 Å². The number of carboxylic acid groups (broad SMARTS) is 1. The van der Waals surface area contributed by atoms with Crippen LogP contribution >= 0.6 is 0 Å². The predicted octanol–water partition coefficient (Wildman–Crippen LogP) is 0.759. The first kappa shape index (κ1) is 16.1. The van der Waals surface area contributed by atoms with Crippen LogP contribution < -0.4 is 0 Å². The van der Waals surface area contributed by atoms with Crippen LogP contribution in [0.25, 0.3) is 0 Å². The Morgan fingerprint density at radius 3 is 2.25 bits per heavy atom. The molecule has 1 unspecified atom stereocenters. The highest BCUT2D eigenvalue weighted by atomic mass is 16.6. The molecule has 0 radical (unpaired) electrons. The number of nitrogens with zero attached hydrogens (tertiary/aromatic N) is 2. The molecule has 0 aromatic rings. The quantitative estimate of drug-likeness (QED) is 0.715. The predicted molar refractivity (Wildman–Crippen MR) is 68.3 cm³/mol. The molecular formula is C12H20N2O6. The van der Waals surface area contributed by atoms with Crippen LogP contribution in [0.4, 0.5) is 9.59 Å². The van der Waals surface area contributed by atoms with E-state index in [1.54, 1.807) is 20.8 Å². The molecule has 114 valence electrons. The monoisotopic (exact) mass is 288 g/mol. The number of carbonyl (C=O) groups is 3. The summed E-state index contributed by atoms with van der Waals surface area (Å²) in [6.45, 7) is 5.23. The van der Waals surface area contributed by atoms with Crippen molar-refractivity contribution in [3.8, 4) is 0 Å². The van der Waals surface area contributed by atoms with E-state index in [0.29, 0.717) is 0 Å². The van der Waals surface area contributed by atoms with E-state index in [0.717, 1.165) is 4.90 Å². The van der Waals surface area contributed by atoms with Gasteiger partial charge in [0.25, 0.3) is 0 Å². The minimum absolute atomic E-state index is 0.0843. The number of esters is 1. The van der Waals surface area contributed by atoms with E-state index in [2.05, 4.69) is 4.74 Å². The van der Waals surface area contributed by atoms with E-state index in [1.807, 2.05) is 0 Å². The number of carbonyl (C=O) groups excluding carboxylic acids is 2. The number of hydrogen-bond donors (Lipinski definition) is 1. The van der Waals surface area contributed by atoms with Gasteiger partial charge in [0.05, 0.1) is 13.7 Å². The second-order valence-corrected chi connectivity index (χ2v) is 5.44. The zero-order valence-corrected chi connectivity index (χ0v) is 12.1. The molecule has 1 saturated heterocycles. The minimum Gasteiger partial charge on any atom is -0.467 e. The Bertz CT molecular complexity index is 403. The van der Waals surface area contributed by atoms with Gasteiger partial charge in [-0.1, -0.05) is 0 Å². The van der Waals surface area contributed by atoms with Crippen LogP contribution in [0.2, 0.25) is 0 Å². The van der Waals surface area contributed by atoms with Crippen molar-refractivity contribution in [2.45, 2.75) is 32.4 Å². The maximum absolute atomic E-state index is 12.1. The van der Waals surface area contributed by atoms with Gasteiger partial charge in [-0.05, 0) is 20.8 Å². The fraction of sp³-hybridized carbons (Fsp3) is 0.750. The Balaban J connectivity index is 2.85. The number of rotatable bonds is 1. The minimum atomic E-state index is -1.14. The number of piperazine rings is 1. The summed E-state index contributed by atoms with van der Waals surface area (Å²) in [5.41, 5.74) is -0.693. The van der Waals surface area contributed by atoms with E-state index in [4.69, 9.17) is 9.84 Å². The van der Waals surface area contributed by atoms with E-state index in [1.165, 1.54) is 12.0 Å². The molecule has 0 saturated carbocycles. The Morgan fingerprint density at radius 2 is 1.80 bits per heavy atom. The van der Waals surface area contributed by atoms with Crippen molar-refractivity contribution in [1.29, 1.82) is 0 Å². The number of amides is 2. The van der Waals surface area contributed by atoms with Gasteiger partial charge in [-0.25, -0.2) is 14.4 Å². The van der Waals surface area contributed by atoms with Crippen molar-refractivity contribution in [1.82, 2.24) is 9.80 Å². The molecule has 2 amide bonds. The highest BCUT2D eigenvalue weighted by Gasteiger charge is 2.39. The third-order valence-electron chi connectivity index (χ3n) is 2.75. The molecule has 0 aliphatic carbocycles. The normalized spacial score (nSPS) is 19.5. The lowest BCUT2D eigenvalue weighted by molar-refractivity contribution is -0.148. The summed E-state index contributed by atoms with van der Waals surface area (Å²) in [4.78, 5) is 37.0. The summed E-state index contributed by atoms with van der Waals surface area (Å²) < 4.78 is 9.83. The molecule has 0 bridgehead atoms. The molecule has 1 rings (SSSR count). The van der Waals surface area contributed by atoms with Gasteiger partial charge >= 0.3 is 18.2 Å². The van der Waals surface area contributed by atoms with Gasteiger partial charge in [0.2, 0.25) is 0 Å². The molecule has 20 heavy (non-hydrogen) atoms. The second kappa shape index (κ2) is 5.98. The molecule has 1 heterocycles. The highest BCUT2D eigenvalue weighted by Crippen LogP contribution is 2.16. The topological polar surface area (TPSA) is 96.4 Å². The molecule has 1 aliphatic heterocycles. The molecule has 0 spiro atoms. The standard InChI is InChI=1S/C12H20N2O6/c1-12(2,3)20-11(18)14-6-5-13(10(16)17)7-8(14)9(15)19-4/h8H,5-7H2,1-4H3,(H,16,17). The molecular weight excluding hydrogens is 268 g/mol. The van der Waals surface area contributed by atoms with Gasteiger partial charge in [-0.3, -0.25) is 4.90 Å². The third-order valence-corrected chi connectivity index (χ3v) is 2.75. The van der Waals surface area contributed by atoms with E-state index in [9.17, 15) is 14.4 Å². The summed E-state index contributed by atoms with van der Waals surface area (Å²) >= 11 is 0. The third kappa shape index (κ3) is 4.01. The van der Waals surface area contributed by atoms with Gasteiger partial charge < -0.3 is 19.5 Å². The van der Waals surface area contributed by atoms with Crippen LogP contribution in [-0.2, 0) is 14.3 Å². The molecule has 0 aromatic heterocycles. The summed E-state index contributed by atoms with van der Waals surface area (Å²) in [5, 5.41) is 8.96. The number of hydrogen-bond acceptors (Lipinski definition) is 5. The molecule has 1 N–H and O–H groups in total. The summed E-state index contributed by atoms with van der Waals surface area (Å²) in [6.07, 6.45) is -1.79. The lowest BCUT2D eigenvalue weighted by atomic mass is 10.1. The van der Waals surface area contributed by atoms with Gasteiger partial charge in [0, 0.05) is 13.1 Å². The number of ether oxygens (including phenoxy) is 2. The van der Waals surface area contributed by atoms with Crippen LogP contribution in [0.1, 0.15) is 20.8 Å². The summed E-state index contributed by atoms with van der Waals surface area (Å²) in [5.74, 6) is -0.665. The Morgan fingerprint density at radius 1 is 1.20 bits per heavy atom. The Labute approximate surface area is 117 Å². The molecule has 1 fully saturated rings. The van der Waals surface area contributed by atoms with Gasteiger partial charge in [-0.15, -0.1) is 0 Å². The first-order chi connectivity index (χ1) is 9.15. The van der Waals surface area contributed by atoms with Crippen LogP contribution in [0.15, 0.2) is 0 Å². The average molecular weight is 288 g/mol. The zero-order chi connectivity index (χ0) is 15.5. The Kier molecular flexibility index (Phi) is 4.80. The molecule has 0 aromatic carbocycles. The molecule has 8 nitrogen and oxygen atoms in total. The fourth-order valence-electron chi connectivity index (χ4n) is 1.83. The lowest BCUT2D eigenvalue weighted by Gasteiger charge is -2.39. The maximum atomic E-state index is 12.1. The van der Waals surface area contributed by atoms with Crippen molar-refractivity contribution in [3.63, 3.8) is 0 Å². The van der Waals surface area contributed by atoms with E-state index >= 15 is 0 Å². The highest BCUT2D eigenvalue weighted by molar-refractivity contribution is 5.83. The van der Waals surface area contributed by atoms with Gasteiger partial charge in [0.1, 0.15) is 5.60 Å². The van der Waals surface area contributed by atoms with Crippen LogP contribution in [-0.4, -0.2) is 71.4 Å². The van der Waals surface area contributed by atoms with Crippen LogP contribution in [0.5, 0.6) is 0 Å². The first-order valence-corrected chi connectivity index (χ1v) is 6.21. The smallest absolute Gasteiger partial charge is 0.411 e. The van der Waals surface area contributed by atoms with E-state index in [-0.39, 0.29) is 19.6 Å². The van der Waals surface area contributed by atoms with Crippen molar-refractivity contribution in [2.75, 3.05) is 26.7 Å². The molecule has 1 atom stereocenters. The first-order valence-electron chi connectivity index (χ1n) is 6.21. The summed E-state index contributed by atoms with van der Waals surface area (Å²) in [7, 11) is 1.19. The van der Waals surface area contributed by atoms with Gasteiger partial charge in [0.15, 0.2) is 6.04 Å². The lowest BCUT2D eigenvalue weighted by Crippen LogP contribution is -2.60. The van der Waals surface area contributed by atoms with Crippen LogP contribution in [0.3, 0.4) is 0 Å². The van der Waals surface area contributed by atoms with Gasteiger partial charge in [-0.2, -0.15) is 0 Å². The maximum Gasteiger partial charge on any atom is 0.411 e. The fourth-order valence-corrected chi connectivity index (χ4v) is 1.83. The van der Waals surface area contributed by atoms with Crippen molar-refractivity contribution in [2.24, 2.45) is 0 Å². The number of methoxy groups -OCH3 is 1. The SMILES string of the molecule is COC(=O)C1CN(C(=O)O)CCN1C(=O)OC(C)(C)C. The molecule has 1 aliphatic rings. The Hall–Kier alpha value is -1.99. The second-order valence-electron chi connectivity index (χ2n) is 5.44. The average Bonchev–Trinajstić information content (AvgIpc) is 2.34. The van der Waals surface area contributed by atoms with Crippen LogP contribution in [0, 0.1) is 0 Å². The zero-order valence-electron chi connectivity index (χ0n) is 12.1. The van der Waals surface area contributed by atoms with E-state index < -0.39 is 29.8 Å². The molecule has 8 heteroatoms. The summed E-state index contributed by atoms with van der Waals surface area (Å²) in [6, 6.07) is -0.986. The largest absolute Gasteiger partial charge is 0.467 e.